The summed E-state index contributed by atoms with van der Waals surface area (Å²) in [5.74, 6) is 0. The molecule has 2 atom stereocenters. The van der Waals surface area contributed by atoms with Crippen LogP contribution < -0.4 is 0 Å². The van der Waals surface area contributed by atoms with Crippen molar-refractivity contribution in [3.63, 3.8) is 0 Å². The van der Waals surface area contributed by atoms with Gasteiger partial charge in [-0.25, -0.2) is 0 Å². The fourth-order valence-electron chi connectivity index (χ4n) is 3.65. The third-order valence-corrected chi connectivity index (χ3v) is 5.68. The maximum Gasteiger partial charge on any atom is 0.0223 e. The van der Waals surface area contributed by atoms with Crippen LogP contribution in [0, 0.1) is 0 Å². The number of thiophene rings is 1. The van der Waals surface area contributed by atoms with Crippen molar-refractivity contribution in [3.05, 3.63) is 22.4 Å². The van der Waals surface area contributed by atoms with E-state index in [0.717, 1.165) is 6.04 Å². The number of fused-ring (bicyclic) bond motifs is 1. The molecule has 3 heterocycles. The van der Waals surface area contributed by atoms with E-state index in [1.54, 1.807) is 0 Å². The molecular formula is C16H26N2S. The average Bonchev–Trinajstić information content (AvgIpc) is 2.82. The molecule has 0 aromatic carbocycles. The molecule has 0 amide bonds. The standard InChI is InChI=1S/C16H26N2S/c1-14(12-16-7-4-11-19-16)18-10-5-9-17-8-3-2-6-15(17)13-18/h4,7,11,14-15H,2-3,5-6,8-10,12-13H2,1H3. The quantitative estimate of drug-likeness (QED) is 0.837. The molecule has 19 heavy (non-hydrogen) atoms. The Morgan fingerprint density at radius 3 is 3.00 bits per heavy atom. The van der Waals surface area contributed by atoms with Gasteiger partial charge < -0.3 is 0 Å². The molecule has 106 valence electrons. The third kappa shape index (κ3) is 3.39. The summed E-state index contributed by atoms with van der Waals surface area (Å²) in [6.07, 6.45) is 6.85. The van der Waals surface area contributed by atoms with Gasteiger partial charge in [0, 0.05) is 23.5 Å². The molecule has 2 fully saturated rings. The van der Waals surface area contributed by atoms with Crippen LogP contribution in [0.5, 0.6) is 0 Å². The van der Waals surface area contributed by atoms with E-state index in [-0.39, 0.29) is 0 Å². The summed E-state index contributed by atoms with van der Waals surface area (Å²) in [7, 11) is 0. The van der Waals surface area contributed by atoms with Gasteiger partial charge in [0.2, 0.25) is 0 Å². The Labute approximate surface area is 121 Å². The van der Waals surface area contributed by atoms with Gasteiger partial charge in [0.25, 0.3) is 0 Å². The molecule has 3 rings (SSSR count). The molecule has 0 N–H and O–H groups in total. The number of nitrogens with zero attached hydrogens (tertiary/aromatic N) is 2. The molecule has 0 spiro atoms. The van der Waals surface area contributed by atoms with Crippen molar-refractivity contribution >= 4 is 11.3 Å². The molecule has 2 aliphatic rings. The van der Waals surface area contributed by atoms with Crippen LogP contribution >= 0.6 is 11.3 Å². The molecular weight excluding hydrogens is 252 g/mol. The predicted octanol–water partition coefficient (Wildman–Crippen LogP) is 3.24. The van der Waals surface area contributed by atoms with Crippen molar-refractivity contribution in [2.75, 3.05) is 26.2 Å². The van der Waals surface area contributed by atoms with Crippen LogP contribution in [0.2, 0.25) is 0 Å². The molecule has 0 bridgehead atoms. The number of hydrogen-bond acceptors (Lipinski definition) is 3. The van der Waals surface area contributed by atoms with Gasteiger partial charge in [-0.15, -0.1) is 11.3 Å². The van der Waals surface area contributed by atoms with Crippen LogP contribution in [0.1, 0.15) is 37.5 Å². The fraction of sp³-hybridized carbons (Fsp3) is 0.750. The smallest absolute Gasteiger partial charge is 0.0223 e. The molecule has 2 saturated heterocycles. The fourth-order valence-corrected chi connectivity index (χ4v) is 4.48. The van der Waals surface area contributed by atoms with E-state index >= 15 is 0 Å². The van der Waals surface area contributed by atoms with E-state index in [2.05, 4.69) is 34.2 Å². The maximum absolute atomic E-state index is 2.75. The lowest BCUT2D eigenvalue weighted by Crippen LogP contribution is -2.46. The zero-order chi connectivity index (χ0) is 13.1. The number of hydrogen-bond donors (Lipinski definition) is 0. The molecule has 1 aromatic rings. The number of piperidine rings is 1. The summed E-state index contributed by atoms with van der Waals surface area (Å²) in [4.78, 5) is 7.04. The van der Waals surface area contributed by atoms with Gasteiger partial charge in [-0.2, -0.15) is 0 Å². The van der Waals surface area contributed by atoms with Gasteiger partial charge in [-0.1, -0.05) is 12.5 Å². The largest absolute Gasteiger partial charge is 0.299 e. The predicted molar refractivity (Wildman–Crippen MR) is 82.9 cm³/mol. The Bertz CT molecular complexity index is 376. The first kappa shape index (κ1) is 13.6. The lowest BCUT2D eigenvalue weighted by Gasteiger charge is -2.36. The minimum atomic E-state index is 0.695. The zero-order valence-electron chi connectivity index (χ0n) is 12.1. The van der Waals surface area contributed by atoms with Crippen LogP contribution in [0.3, 0.4) is 0 Å². The second kappa shape index (κ2) is 6.38. The Balaban J connectivity index is 1.60. The molecule has 2 unspecified atom stereocenters. The van der Waals surface area contributed by atoms with Gasteiger partial charge in [0.15, 0.2) is 0 Å². The first-order valence-electron chi connectivity index (χ1n) is 7.83. The van der Waals surface area contributed by atoms with E-state index in [0.29, 0.717) is 6.04 Å². The van der Waals surface area contributed by atoms with Crippen molar-refractivity contribution < 1.29 is 0 Å². The Kier molecular flexibility index (Phi) is 4.57. The summed E-state index contributed by atoms with van der Waals surface area (Å²) in [5.41, 5.74) is 0. The lowest BCUT2D eigenvalue weighted by molar-refractivity contribution is 0.123. The molecule has 0 radical (unpaired) electrons. The van der Waals surface area contributed by atoms with Crippen molar-refractivity contribution in [2.24, 2.45) is 0 Å². The summed E-state index contributed by atoms with van der Waals surface area (Å²) in [6, 6.07) is 5.99. The summed E-state index contributed by atoms with van der Waals surface area (Å²) in [6.45, 7) is 7.68. The van der Waals surface area contributed by atoms with E-state index in [9.17, 15) is 0 Å². The van der Waals surface area contributed by atoms with E-state index in [1.807, 2.05) is 11.3 Å². The SMILES string of the molecule is CC(Cc1cccs1)N1CCCN2CCCCC2C1. The minimum Gasteiger partial charge on any atom is -0.299 e. The van der Waals surface area contributed by atoms with Crippen LogP contribution in [-0.4, -0.2) is 48.1 Å². The normalized spacial score (nSPS) is 27.7. The van der Waals surface area contributed by atoms with Crippen LogP contribution in [-0.2, 0) is 6.42 Å². The molecule has 2 aliphatic heterocycles. The second-order valence-corrected chi connectivity index (χ2v) is 7.20. The van der Waals surface area contributed by atoms with Gasteiger partial charge in [-0.3, -0.25) is 9.80 Å². The maximum atomic E-state index is 2.75. The highest BCUT2D eigenvalue weighted by molar-refractivity contribution is 7.09. The van der Waals surface area contributed by atoms with Gasteiger partial charge in [0.1, 0.15) is 0 Å². The molecule has 1 aromatic heterocycles. The van der Waals surface area contributed by atoms with E-state index < -0.39 is 0 Å². The van der Waals surface area contributed by atoms with Crippen LogP contribution in [0.25, 0.3) is 0 Å². The summed E-state index contributed by atoms with van der Waals surface area (Å²) < 4.78 is 0. The van der Waals surface area contributed by atoms with Crippen molar-refractivity contribution in [2.45, 2.75) is 51.1 Å². The monoisotopic (exact) mass is 278 g/mol. The van der Waals surface area contributed by atoms with E-state index in [4.69, 9.17) is 0 Å². The Hall–Kier alpha value is -0.380. The number of rotatable bonds is 3. The Morgan fingerprint density at radius 2 is 2.16 bits per heavy atom. The van der Waals surface area contributed by atoms with Crippen LogP contribution in [0.15, 0.2) is 17.5 Å². The third-order valence-electron chi connectivity index (χ3n) is 4.79. The molecule has 0 aliphatic carbocycles. The topological polar surface area (TPSA) is 6.48 Å². The molecule has 3 heteroatoms. The average molecular weight is 278 g/mol. The van der Waals surface area contributed by atoms with Gasteiger partial charge in [0.05, 0.1) is 0 Å². The molecule has 0 saturated carbocycles. The highest BCUT2D eigenvalue weighted by Gasteiger charge is 2.28. The minimum absolute atomic E-state index is 0.695. The second-order valence-electron chi connectivity index (χ2n) is 6.17. The summed E-state index contributed by atoms with van der Waals surface area (Å²) in [5, 5.41) is 2.20. The summed E-state index contributed by atoms with van der Waals surface area (Å²) >= 11 is 1.91. The lowest BCUT2D eigenvalue weighted by atomic mass is 10.0. The van der Waals surface area contributed by atoms with Gasteiger partial charge >= 0.3 is 0 Å². The zero-order valence-corrected chi connectivity index (χ0v) is 12.9. The highest BCUT2D eigenvalue weighted by Crippen LogP contribution is 2.23. The van der Waals surface area contributed by atoms with Crippen molar-refractivity contribution in [1.82, 2.24) is 9.80 Å². The first-order valence-corrected chi connectivity index (χ1v) is 8.71. The van der Waals surface area contributed by atoms with Crippen molar-refractivity contribution in [1.29, 1.82) is 0 Å². The van der Waals surface area contributed by atoms with Crippen molar-refractivity contribution in [3.8, 4) is 0 Å². The Morgan fingerprint density at radius 1 is 1.26 bits per heavy atom. The van der Waals surface area contributed by atoms with Gasteiger partial charge in [-0.05, 0) is 63.7 Å². The highest BCUT2D eigenvalue weighted by atomic mass is 32.1. The van der Waals surface area contributed by atoms with E-state index in [1.165, 1.54) is 63.2 Å². The first-order chi connectivity index (χ1) is 9.33. The molecule has 2 nitrogen and oxygen atoms in total. The van der Waals surface area contributed by atoms with Crippen LogP contribution in [0.4, 0.5) is 0 Å².